The van der Waals surface area contributed by atoms with E-state index in [4.69, 9.17) is 10.5 Å². The standard InChI is InChI=1S/C12H12N4O3/c1-7-5-9(3-4-10(7)16(17)18)19-12-6-11(13)14-8(2)15-12/h3-6H,1-2H3,(H2,13,14,15). The summed E-state index contributed by atoms with van der Waals surface area (Å²) in [4.78, 5) is 18.3. The average Bonchev–Trinajstić information content (AvgIpc) is 2.26. The molecule has 0 fully saturated rings. The number of aryl methyl sites for hydroxylation is 2. The largest absolute Gasteiger partial charge is 0.439 e. The van der Waals surface area contributed by atoms with Gasteiger partial charge in [0.15, 0.2) is 0 Å². The lowest BCUT2D eigenvalue weighted by atomic mass is 10.2. The van der Waals surface area contributed by atoms with Crippen LogP contribution in [-0.4, -0.2) is 14.9 Å². The third kappa shape index (κ3) is 2.95. The summed E-state index contributed by atoms with van der Waals surface area (Å²) in [6, 6.07) is 5.97. The highest BCUT2D eigenvalue weighted by Crippen LogP contribution is 2.26. The maximum Gasteiger partial charge on any atom is 0.272 e. The first kappa shape index (κ1) is 12.7. The predicted molar refractivity (Wildman–Crippen MR) is 69.1 cm³/mol. The molecular formula is C12H12N4O3. The van der Waals surface area contributed by atoms with Gasteiger partial charge in [0, 0.05) is 17.7 Å². The summed E-state index contributed by atoms with van der Waals surface area (Å²) in [5, 5.41) is 10.7. The Bertz CT molecular complexity index is 623. The van der Waals surface area contributed by atoms with E-state index in [2.05, 4.69) is 9.97 Å². The van der Waals surface area contributed by atoms with Crippen molar-refractivity contribution >= 4 is 11.5 Å². The van der Waals surface area contributed by atoms with E-state index < -0.39 is 4.92 Å². The molecule has 1 heterocycles. The van der Waals surface area contributed by atoms with Gasteiger partial charge in [-0.15, -0.1) is 0 Å². The number of anilines is 1. The molecule has 0 bridgehead atoms. The van der Waals surface area contributed by atoms with Crippen molar-refractivity contribution in [3.05, 3.63) is 45.8 Å². The number of ether oxygens (including phenoxy) is 1. The van der Waals surface area contributed by atoms with Crippen LogP contribution in [-0.2, 0) is 0 Å². The topological polar surface area (TPSA) is 104 Å². The highest BCUT2D eigenvalue weighted by atomic mass is 16.6. The van der Waals surface area contributed by atoms with Gasteiger partial charge in [-0.1, -0.05) is 0 Å². The smallest absolute Gasteiger partial charge is 0.272 e. The van der Waals surface area contributed by atoms with Crippen LogP contribution in [0.2, 0.25) is 0 Å². The number of nitro groups is 1. The van der Waals surface area contributed by atoms with Crippen molar-refractivity contribution in [3.8, 4) is 11.6 Å². The summed E-state index contributed by atoms with van der Waals surface area (Å²) in [5.74, 6) is 1.56. The second-order valence-electron chi connectivity index (χ2n) is 3.99. The molecule has 2 rings (SSSR count). The SMILES string of the molecule is Cc1nc(N)cc(Oc2ccc([N+](=O)[O-])c(C)c2)n1. The molecule has 2 aromatic rings. The minimum atomic E-state index is -0.439. The Kier molecular flexibility index (Phi) is 3.28. The van der Waals surface area contributed by atoms with Crippen LogP contribution in [0.5, 0.6) is 11.6 Å². The molecule has 7 heteroatoms. The van der Waals surface area contributed by atoms with Gasteiger partial charge >= 0.3 is 0 Å². The minimum absolute atomic E-state index is 0.0470. The number of aromatic nitrogens is 2. The van der Waals surface area contributed by atoms with Gasteiger partial charge in [0.2, 0.25) is 5.88 Å². The lowest BCUT2D eigenvalue weighted by molar-refractivity contribution is -0.385. The van der Waals surface area contributed by atoms with Crippen LogP contribution in [0.15, 0.2) is 24.3 Å². The van der Waals surface area contributed by atoms with Crippen LogP contribution in [0.25, 0.3) is 0 Å². The Hall–Kier alpha value is -2.70. The van der Waals surface area contributed by atoms with Gasteiger partial charge < -0.3 is 10.5 Å². The van der Waals surface area contributed by atoms with E-state index in [9.17, 15) is 10.1 Å². The summed E-state index contributed by atoms with van der Waals surface area (Å²) >= 11 is 0. The Morgan fingerprint density at radius 2 is 2.00 bits per heavy atom. The summed E-state index contributed by atoms with van der Waals surface area (Å²) in [5.41, 5.74) is 6.15. The van der Waals surface area contributed by atoms with E-state index in [1.165, 1.54) is 18.2 Å². The van der Waals surface area contributed by atoms with Crippen molar-refractivity contribution in [2.75, 3.05) is 5.73 Å². The molecule has 1 aromatic heterocycles. The van der Waals surface area contributed by atoms with Gasteiger partial charge in [-0.25, -0.2) is 4.98 Å². The number of hydrogen-bond acceptors (Lipinski definition) is 6. The fraction of sp³-hybridized carbons (Fsp3) is 0.167. The quantitative estimate of drug-likeness (QED) is 0.671. The molecule has 2 N–H and O–H groups in total. The molecule has 19 heavy (non-hydrogen) atoms. The Morgan fingerprint density at radius 1 is 1.26 bits per heavy atom. The second kappa shape index (κ2) is 4.89. The number of nitrogen functional groups attached to an aromatic ring is 1. The molecule has 0 aliphatic carbocycles. The second-order valence-corrected chi connectivity index (χ2v) is 3.99. The van der Waals surface area contributed by atoms with E-state index >= 15 is 0 Å². The molecule has 0 amide bonds. The van der Waals surface area contributed by atoms with Crippen LogP contribution in [0, 0.1) is 24.0 Å². The Balaban J connectivity index is 2.28. The fourth-order valence-electron chi connectivity index (χ4n) is 1.63. The van der Waals surface area contributed by atoms with Crippen molar-refractivity contribution < 1.29 is 9.66 Å². The monoisotopic (exact) mass is 260 g/mol. The first-order chi connectivity index (χ1) is 8.95. The Labute approximate surface area is 109 Å². The van der Waals surface area contributed by atoms with Crippen LogP contribution in [0.1, 0.15) is 11.4 Å². The first-order valence-electron chi connectivity index (χ1n) is 5.50. The molecule has 0 aliphatic heterocycles. The highest BCUT2D eigenvalue weighted by Gasteiger charge is 2.11. The summed E-state index contributed by atoms with van der Waals surface area (Å²) in [7, 11) is 0. The van der Waals surface area contributed by atoms with E-state index in [1.54, 1.807) is 19.9 Å². The zero-order valence-electron chi connectivity index (χ0n) is 10.5. The molecule has 0 radical (unpaired) electrons. The molecule has 0 spiro atoms. The Morgan fingerprint density at radius 3 is 2.58 bits per heavy atom. The van der Waals surface area contributed by atoms with Gasteiger partial charge in [0.1, 0.15) is 17.4 Å². The van der Waals surface area contributed by atoms with Crippen molar-refractivity contribution in [2.45, 2.75) is 13.8 Å². The molecule has 7 nitrogen and oxygen atoms in total. The molecule has 0 saturated carbocycles. The van der Waals surface area contributed by atoms with Crippen LogP contribution in [0.3, 0.4) is 0 Å². The zero-order valence-corrected chi connectivity index (χ0v) is 10.5. The lowest BCUT2D eigenvalue weighted by Gasteiger charge is -2.07. The summed E-state index contributed by atoms with van der Waals surface area (Å²) in [6.07, 6.45) is 0. The molecule has 0 aliphatic rings. The summed E-state index contributed by atoms with van der Waals surface area (Å²) in [6.45, 7) is 3.34. The molecule has 0 unspecified atom stereocenters. The van der Waals surface area contributed by atoms with Crippen LogP contribution >= 0.6 is 0 Å². The van der Waals surface area contributed by atoms with Gasteiger partial charge in [0.05, 0.1) is 4.92 Å². The third-order valence-corrected chi connectivity index (χ3v) is 2.42. The predicted octanol–water partition coefficient (Wildman–Crippen LogP) is 2.38. The van der Waals surface area contributed by atoms with E-state index in [-0.39, 0.29) is 5.69 Å². The minimum Gasteiger partial charge on any atom is -0.439 e. The van der Waals surface area contributed by atoms with Crippen molar-refractivity contribution in [3.63, 3.8) is 0 Å². The number of nitro benzene ring substituents is 1. The van der Waals surface area contributed by atoms with Gasteiger partial charge in [-0.2, -0.15) is 4.98 Å². The van der Waals surface area contributed by atoms with E-state index in [0.717, 1.165) is 0 Å². The fourth-order valence-corrected chi connectivity index (χ4v) is 1.63. The number of benzene rings is 1. The maximum atomic E-state index is 10.7. The first-order valence-corrected chi connectivity index (χ1v) is 5.50. The van der Waals surface area contributed by atoms with Crippen molar-refractivity contribution in [2.24, 2.45) is 0 Å². The van der Waals surface area contributed by atoms with Crippen LogP contribution in [0.4, 0.5) is 11.5 Å². The molecule has 0 saturated heterocycles. The van der Waals surface area contributed by atoms with Crippen molar-refractivity contribution in [1.82, 2.24) is 9.97 Å². The normalized spacial score (nSPS) is 10.2. The average molecular weight is 260 g/mol. The van der Waals surface area contributed by atoms with Gasteiger partial charge in [-0.05, 0) is 26.0 Å². The summed E-state index contributed by atoms with van der Waals surface area (Å²) < 4.78 is 5.50. The van der Waals surface area contributed by atoms with E-state index in [0.29, 0.717) is 28.8 Å². The van der Waals surface area contributed by atoms with Gasteiger partial charge in [-0.3, -0.25) is 10.1 Å². The van der Waals surface area contributed by atoms with Crippen LogP contribution < -0.4 is 10.5 Å². The number of nitrogens with two attached hydrogens (primary N) is 1. The molecule has 1 aromatic carbocycles. The highest BCUT2D eigenvalue weighted by molar-refractivity contribution is 5.45. The maximum absolute atomic E-state index is 10.7. The molecule has 0 atom stereocenters. The lowest BCUT2D eigenvalue weighted by Crippen LogP contribution is -1.98. The van der Waals surface area contributed by atoms with Gasteiger partial charge in [0.25, 0.3) is 5.69 Å². The number of rotatable bonds is 3. The molecular weight excluding hydrogens is 248 g/mol. The number of nitrogens with zero attached hydrogens (tertiary/aromatic N) is 3. The zero-order chi connectivity index (χ0) is 14.0. The molecule has 98 valence electrons. The third-order valence-electron chi connectivity index (χ3n) is 2.42. The van der Waals surface area contributed by atoms with E-state index in [1.807, 2.05) is 0 Å². The van der Waals surface area contributed by atoms with Crippen molar-refractivity contribution in [1.29, 1.82) is 0 Å². The number of hydrogen-bond donors (Lipinski definition) is 1.